The van der Waals surface area contributed by atoms with Crippen molar-refractivity contribution in [3.63, 3.8) is 0 Å². The van der Waals surface area contributed by atoms with E-state index in [2.05, 4.69) is 4.99 Å². The molecule has 0 radical (unpaired) electrons. The Morgan fingerprint density at radius 2 is 2.00 bits per heavy atom. The average molecular weight is 529 g/mol. The van der Waals surface area contributed by atoms with E-state index in [1.54, 1.807) is 55.5 Å². The fraction of sp³-hybridized carbons (Fsp3) is 0.200. The van der Waals surface area contributed by atoms with Crippen molar-refractivity contribution >= 4 is 41.0 Å². The Labute approximate surface area is 214 Å². The normalized spacial score (nSPS) is 15.2. The molecule has 0 aliphatic carbocycles. The second-order valence-corrected chi connectivity index (χ2v) is 9.16. The van der Waals surface area contributed by atoms with Crippen molar-refractivity contribution in [3.05, 3.63) is 89.6 Å². The largest absolute Gasteiger partial charge is 0.496 e. The molecule has 9 nitrogen and oxygen atoms in total. The molecule has 0 amide bonds. The number of fused-ring (bicyclic) bond motifs is 1. The predicted octanol–water partition coefficient (Wildman–Crippen LogP) is 2.53. The van der Waals surface area contributed by atoms with Crippen molar-refractivity contribution in [1.82, 2.24) is 4.57 Å². The lowest BCUT2D eigenvalue weighted by Gasteiger charge is -2.25. The third kappa shape index (κ3) is 4.91. The van der Waals surface area contributed by atoms with Crippen molar-refractivity contribution in [2.75, 3.05) is 20.8 Å². The molecule has 0 saturated carbocycles. The van der Waals surface area contributed by atoms with Crippen LogP contribution in [0.3, 0.4) is 0 Å². The summed E-state index contributed by atoms with van der Waals surface area (Å²) >= 11 is 7.43. The van der Waals surface area contributed by atoms with E-state index in [-0.39, 0.29) is 11.1 Å². The van der Waals surface area contributed by atoms with Crippen LogP contribution in [0.4, 0.5) is 0 Å². The van der Waals surface area contributed by atoms with Gasteiger partial charge in [0.15, 0.2) is 11.4 Å². The topological polar surface area (TPSA) is 116 Å². The molecule has 2 aromatic carbocycles. The Hall–Kier alpha value is -3.89. The second-order valence-electron chi connectivity index (χ2n) is 7.71. The van der Waals surface area contributed by atoms with Crippen molar-refractivity contribution in [3.8, 4) is 11.5 Å². The van der Waals surface area contributed by atoms with E-state index in [0.29, 0.717) is 42.7 Å². The van der Waals surface area contributed by atoms with Gasteiger partial charge in [0, 0.05) is 10.6 Å². The molecule has 186 valence electrons. The number of rotatable bonds is 7. The van der Waals surface area contributed by atoms with Gasteiger partial charge in [-0.2, -0.15) is 0 Å². The van der Waals surface area contributed by atoms with Gasteiger partial charge in [0.25, 0.3) is 5.56 Å². The number of hydrogen-bond acceptors (Lipinski definition) is 8. The summed E-state index contributed by atoms with van der Waals surface area (Å²) in [6.45, 7) is 1.19. The van der Waals surface area contributed by atoms with Gasteiger partial charge in [0.05, 0.1) is 30.0 Å². The number of aliphatic carboxylic acids is 1. The van der Waals surface area contributed by atoms with E-state index in [1.807, 2.05) is 0 Å². The van der Waals surface area contributed by atoms with Crippen LogP contribution in [0.25, 0.3) is 6.08 Å². The number of thiazole rings is 1. The van der Waals surface area contributed by atoms with Crippen LogP contribution in [0.1, 0.15) is 24.1 Å². The lowest BCUT2D eigenvalue weighted by atomic mass is 9.95. The minimum absolute atomic E-state index is 0.195. The zero-order valence-electron chi connectivity index (χ0n) is 19.5. The van der Waals surface area contributed by atoms with E-state index in [1.165, 1.54) is 18.8 Å². The lowest BCUT2D eigenvalue weighted by Crippen LogP contribution is -2.40. The summed E-state index contributed by atoms with van der Waals surface area (Å²) in [6.07, 6.45) is 1.65. The molecule has 0 bridgehead atoms. The highest BCUT2D eigenvalue weighted by molar-refractivity contribution is 7.07. The summed E-state index contributed by atoms with van der Waals surface area (Å²) in [7, 11) is 2.75. The summed E-state index contributed by atoms with van der Waals surface area (Å²) in [5.41, 5.74) is 1.36. The standard InChI is InChI=1S/C25H21ClN2O7S/c1-13-21(24(32)34-3)22(17-11-15(26)7-8-18(17)33-2)28-23(31)19(36-25(28)27-13)10-14-5-4-6-16(9-14)35-12-20(29)30/h4-11,22H,12H2,1-3H3,(H,29,30)/b19-10-/t22-/m1/s1. The number of carboxylic acid groups (broad SMARTS) is 1. The van der Waals surface area contributed by atoms with E-state index < -0.39 is 24.6 Å². The molecule has 0 saturated heterocycles. The van der Waals surface area contributed by atoms with E-state index in [4.69, 9.17) is 30.9 Å². The fourth-order valence-electron chi connectivity index (χ4n) is 3.90. The predicted molar refractivity (Wildman–Crippen MR) is 133 cm³/mol. The van der Waals surface area contributed by atoms with Crippen LogP contribution in [0.5, 0.6) is 11.5 Å². The van der Waals surface area contributed by atoms with Crippen LogP contribution >= 0.6 is 22.9 Å². The number of esters is 1. The van der Waals surface area contributed by atoms with E-state index in [0.717, 1.165) is 11.3 Å². The molecule has 0 unspecified atom stereocenters. The van der Waals surface area contributed by atoms with Crippen molar-refractivity contribution in [1.29, 1.82) is 0 Å². The van der Waals surface area contributed by atoms with Gasteiger partial charge in [-0.15, -0.1) is 0 Å². The molecule has 4 rings (SSSR count). The van der Waals surface area contributed by atoms with Gasteiger partial charge in [-0.05, 0) is 48.9 Å². The molecule has 3 aromatic rings. The fourth-order valence-corrected chi connectivity index (χ4v) is 5.12. The highest BCUT2D eigenvalue weighted by Crippen LogP contribution is 2.37. The molecule has 2 heterocycles. The molecule has 36 heavy (non-hydrogen) atoms. The van der Waals surface area contributed by atoms with Crippen LogP contribution < -0.4 is 24.4 Å². The smallest absolute Gasteiger partial charge is 0.341 e. The van der Waals surface area contributed by atoms with Gasteiger partial charge in [-0.3, -0.25) is 9.36 Å². The molecule has 1 aliphatic heterocycles. The minimum Gasteiger partial charge on any atom is -0.496 e. The number of halogens is 1. The third-order valence-electron chi connectivity index (χ3n) is 5.43. The number of hydrogen-bond donors (Lipinski definition) is 1. The first-order valence-electron chi connectivity index (χ1n) is 10.6. The summed E-state index contributed by atoms with van der Waals surface area (Å²) in [5.74, 6) is -0.926. The number of allylic oxidation sites excluding steroid dienone is 1. The van der Waals surface area contributed by atoms with Crippen LogP contribution in [0.15, 0.2) is 63.5 Å². The van der Waals surface area contributed by atoms with Gasteiger partial charge >= 0.3 is 11.9 Å². The SMILES string of the molecule is COC(=O)C1=C(C)N=c2s/c(=C\c3cccc(OCC(=O)O)c3)c(=O)n2[C@@H]1c1cc(Cl)ccc1OC. The number of benzene rings is 2. The molecule has 11 heteroatoms. The zero-order chi connectivity index (χ0) is 26.0. The first kappa shape index (κ1) is 25.2. The van der Waals surface area contributed by atoms with Gasteiger partial charge < -0.3 is 19.3 Å². The number of nitrogens with zero attached hydrogens (tertiary/aromatic N) is 2. The van der Waals surface area contributed by atoms with Crippen LogP contribution in [-0.2, 0) is 14.3 Å². The summed E-state index contributed by atoms with van der Waals surface area (Å²) in [4.78, 5) is 42.2. The number of carbonyl (C=O) groups excluding carboxylic acids is 1. The van der Waals surface area contributed by atoms with E-state index in [9.17, 15) is 14.4 Å². The Kier molecular flexibility index (Phi) is 7.27. The number of aromatic nitrogens is 1. The quantitative estimate of drug-likeness (QED) is 0.468. The third-order valence-corrected chi connectivity index (χ3v) is 6.65. The van der Waals surface area contributed by atoms with Crippen LogP contribution in [-0.4, -0.2) is 42.4 Å². The Morgan fingerprint density at radius 3 is 2.69 bits per heavy atom. The van der Waals surface area contributed by atoms with Gasteiger partial charge in [-0.1, -0.05) is 35.1 Å². The molecule has 1 N–H and O–H groups in total. The Bertz CT molecular complexity index is 1570. The first-order chi connectivity index (χ1) is 17.2. The number of carbonyl (C=O) groups is 2. The zero-order valence-corrected chi connectivity index (χ0v) is 21.1. The van der Waals surface area contributed by atoms with Crippen molar-refractivity contribution < 1.29 is 28.9 Å². The molecule has 0 fully saturated rings. The second kappa shape index (κ2) is 10.4. The molecule has 1 atom stereocenters. The Morgan fingerprint density at radius 1 is 1.22 bits per heavy atom. The maximum Gasteiger partial charge on any atom is 0.341 e. The molecular formula is C25H21ClN2O7S. The average Bonchev–Trinajstić information content (AvgIpc) is 3.15. The molecule has 0 spiro atoms. The molecule has 1 aromatic heterocycles. The maximum atomic E-state index is 13.7. The summed E-state index contributed by atoms with van der Waals surface area (Å²) in [5, 5.41) is 9.25. The lowest BCUT2D eigenvalue weighted by molar-refractivity contribution is -0.139. The first-order valence-corrected chi connectivity index (χ1v) is 11.8. The van der Waals surface area contributed by atoms with Gasteiger partial charge in [-0.25, -0.2) is 14.6 Å². The molecular weight excluding hydrogens is 508 g/mol. The van der Waals surface area contributed by atoms with Crippen LogP contribution in [0, 0.1) is 0 Å². The highest BCUT2D eigenvalue weighted by atomic mass is 35.5. The molecule has 1 aliphatic rings. The van der Waals surface area contributed by atoms with Crippen molar-refractivity contribution in [2.24, 2.45) is 4.99 Å². The number of carboxylic acids is 1. The van der Waals surface area contributed by atoms with Crippen LogP contribution in [0.2, 0.25) is 5.02 Å². The van der Waals surface area contributed by atoms with E-state index >= 15 is 0 Å². The summed E-state index contributed by atoms with van der Waals surface area (Å²) in [6, 6.07) is 10.8. The van der Waals surface area contributed by atoms with Crippen molar-refractivity contribution in [2.45, 2.75) is 13.0 Å². The summed E-state index contributed by atoms with van der Waals surface area (Å²) < 4.78 is 17.6. The monoisotopic (exact) mass is 528 g/mol. The number of methoxy groups -OCH3 is 2. The van der Waals surface area contributed by atoms with Gasteiger partial charge in [0.2, 0.25) is 0 Å². The maximum absolute atomic E-state index is 13.7. The number of ether oxygens (including phenoxy) is 3. The minimum atomic E-state index is -1.10. The Balaban J connectivity index is 1.92. The highest BCUT2D eigenvalue weighted by Gasteiger charge is 2.35. The van der Waals surface area contributed by atoms with Gasteiger partial charge in [0.1, 0.15) is 17.5 Å².